The molecule has 0 spiro atoms. The van der Waals surface area contributed by atoms with E-state index in [1.54, 1.807) is 18.3 Å². The van der Waals surface area contributed by atoms with Gasteiger partial charge in [0.2, 0.25) is 23.6 Å². The van der Waals surface area contributed by atoms with Gasteiger partial charge in [0, 0.05) is 32.4 Å². The third-order valence-electron chi connectivity index (χ3n) is 6.26. The maximum absolute atomic E-state index is 13.1. The van der Waals surface area contributed by atoms with Crippen LogP contribution in [0.25, 0.3) is 0 Å². The van der Waals surface area contributed by atoms with Crippen molar-refractivity contribution in [3.8, 4) is 11.6 Å². The van der Waals surface area contributed by atoms with Gasteiger partial charge in [0.25, 0.3) is 0 Å². The summed E-state index contributed by atoms with van der Waals surface area (Å²) >= 11 is 0. The summed E-state index contributed by atoms with van der Waals surface area (Å²) in [4.78, 5) is 37.0. The molecule has 0 saturated heterocycles. The second kappa shape index (κ2) is 9.45. The molecular weight excluding hydrogens is 489 g/mol. The molecule has 1 atom stereocenters. The maximum Gasteiger partial charge on any atom is 0.451 e. The Kier molecular flexibility index (Phi) is 6.30. The van der Waals surface area contributed by atoms with E-state index in [9.17, 15) is 18.0 Å². The fraction of sp³-hybridized carbons (Fsp3) is 0.417. The number of hydrogen-bond acceptors (Lipinski definition) is 9. The molecule has 0 fully saturated rings. The van der Waals surface area contributed by atoms with E-state index in [0.29, 0.717) is 19.0 Å². The normalized spacial score (nSPS) is 17.2. The first-order chi connectivity index (χ1) is 17.6. The molecule has 13 heteroatoms. The molecule has 1 amide bonds. The van der Waals surface area contributed by atoms with Crippen LogP contribution in [-0.4, -0.2) is 50.5 Å². The highest BCUT2D eigenvalue weighted by Crippen LogP contribution is 2.41. The summed E-state index contributed by atoms with van der Waals surface area (Å²) in [6.45, 7) is 5.11. The Morgan fingerprint density at radius 1 is 1.14 bits per heavy atom. The van der Waals surface area contributed by atoms with Gasteiger partial charge in [0.05, 0.1) is 18.1 Å². The molecule has 3 aromatic heterocycles. The topological polar surface area (TPSA) is 109 Å². The molecule has 0 aliphatic carbocycles. The van der Waals surface area contributed by atoms with Gasteiger partial charge in [-0.15, -0.1) is 0 Å². The first-order valence-corrected chi connectivity index (χ1v) is 11.8. The van der Waals surface area contributed by atoms with E-state index in [0.717, 1.165) is 48.0 Å². The predicted octanol–water partition coefficient (Wildman–Crippen LogP) is 3.84. The number of aryl methyl sites for hydroxylation is 1. The van der Waals surface area contributed by atoms with Gasteiger partial charge in [0.1, 0.15) is 11.7 Å². The molecule has 194 valence electrons. The lowest BCUT2D eigenvalue weighted by atomic mass is 9.95. The smallest absolute Gasteiger partial charge is 0.436 e. The molecule has 10 nitrogen and oxygen atoms in total. The van der Waals surface area contributed by atoms with Crippen LogP contribution in [0.1, 0.15) is 37.4 Å². The number of aromatic nitrogens is 5. The van der Waals surface area contributed by atoms with Crippen molar-refractivity contribution in [3.63, 3.8) is 0 Å². The van der Waals surface area contributed by atoms with Gasteiger partial charge in [-0.1, -0.05) is 19.9 Å². The van der Waals surface area contributed by atoms with Crippen molar-refractivity contribution in [2.24, 2.45) is 5.92 Å². The third kappa shape index (κ3) is 4.85. The van der Waals surface area contributed by atoms with Crippen LogP contribution >= 0.6 is 0 Å². The molecule has 5 heterocycles. The number of amides is 1. The standard InChI is InChI=1S/C24H25F3N8O2/c1-13(2)18-21(36)35-8-4-5-16-19(35)20(34(18)3)33-23(32-16)31-10-14-6-7-17(28-9-14)37-15-11-29-22(30-12-15)24(25,26)27/h6-7,9,11-13,18H,4-5,8,10H2,1-3H3,(H,31,32,33). The Labute approximate surface area is 210 Å². The van der Waals surface area contributed by atoms with Crippen molar-refractivity contribution in [3.05, 3.63) is 47.8 Å². The zero-order valence-corrected chi connectivity index (χ0v) is 20.5. The van der Waals surface area contributed by atoms with Crippen molar-refractivity contribution >= 4 is 23.4 Å². The fourth-order valence-corrected chi connectivity index (χ4v) is 4.58. The van der Waals surface area contributed by atoms with Gasteiger partial charge in [-0.25, -0.2) is 19.9 Å². The van der Waals surface area contributed by atoms with Crippen LogP contribution in [0, 0.1) is 5.92 Å². The van der Waals surface area contributed by atoms with Gasteiger partial charge in [0.15, 0.2) is 11.6 Å². The molecule has 3 aromatic rings. The number of nitrogens with one attached hydrogen (secondary N) is 1. The van der Waals surface area contributed by atoms with Crippen molar-refractivity contribution in [2.45, 2.75) is 45.5 Å². The van der Waals surface area contributed by atoms with Gasteiger partial charge in [-0.3, -0.25) is 4.79 Å². The molecule has 0 bridgehead atoms. The lowest BCUT2D eigenvalue weighted by Gasteiger charge is -2.44. The predicted molar refractivity (Wildman–Crippen MR) is 128 cm³/mol. The van der Waals surface area contributed by atoms with E-state index in [-0.39, 0.29) is 29.5 Å². The number of carbonyl (C=O) groups excluding carboxylic acids is 1. The summed E-state index contributed by atoms with van der Waals surface area (Å²) in [5, 5.41) is 3.23. The summed E-state index contributed by atoms with van der Waals surface area (Å²) in [5.74, 6) is 0.410. The van der Waals surface area contributed by atoms with E-state index >= 15 is 0 Å². The fourth-order valence-electron chi connectivity index (χ4n) is 4.58. The lowest BCUT2D eigenvalue weighted by Crippen LogP contribution is -2.56. The van der Waals surface area contributed by atoms with Crippen molar-refractivity contribution in [1.29, 1.82) is 0 Å². The number of rotatable bonds is 6. The van der Waals surface area contributed by atoms with E-state index in [4.69, 9.17) is 9.72 Å². The molecule has 1 unspecified atom stereocenters. The summed E-state index contributed by atoms with van der Waals surface area (Å²) in [5.41, 5.74) is 2.47. The zero-order valence-electron chi connectivity index (χ0n) is 20.5. The number of pyridine rings is 1. The zero-order chi connectivity index (χ0) is 26.3. The first kappa shape index (κ1) is 24.7. The Hall–Kier alpha value is -4.03. The van der Waals surface area contributed by atoms with Crippen LogP contribution < -0.4 is 19.9 Å². The number of nitrogens with zero attached hydrogens (tertiary/aromatic N) is 7. The van der Waals surface area contributed by atoms with Gasteiger partial charge < -0.3 is 19.9 Å². The minimum absolute atomic E-state index is 0.0409. The second-order valence-electron chi connectivity index (χ2n) is 9.26. The highest BCUT2D eigenvalue weighted by Gasteiger charge is 2.42. The molecule has 1 N–H and O–H groups in total. The van der Waals surface area contributed by atoms with E-state index in [1.165, 1.54) is 0 Å². The SMILES string of the molecule is CC(C)C1C(=O)N2CCCc3nc(NCc4ccc(Oc5cnc(C(F)(F)F)nc5)nc4)nc(c32)N1C. The minimum atomic E-state index is -4.62. The molecule has 0 radical (unpaired) electrons. The molecule has 0 aromatic carbocycles. The van der Waals surface area contributed by atoms with Gasteiger partial charge >= 0.3 is 6.18 Å². The van der Waals surface area contributed by atoms with Crippen LogP contribution in [0.3, 0.4) is 0 Å². The maximum atomic E-state index is 13.1. The van der Waals surface area contributed by atoms with Crippen molar-refractivity contribution in [1.82, 2.24) is 24.9 Å². The number of likely N-dealkylation sites (N-methyl/N-ethyl adjacent to an activating group) is 1. The molecule has 0 saturated carbocycles. The van der Waals surface area contributed by atoms with E-state index in [2.05, 4.69) is 25.3 Å². The van der Waals surface area contributed by atoms with Crippen LogP contribution in [0.15, 0.2) is 30.7 Å². The number of anilines is 3. The summed E-state index contributed by atoms with van der Waals surface area (Å²) < 4.78 is 43.2. The average molecular weight is 515 g/mol. The Balaban J connectivity index is 1.28. The highest BCUT2D eigenvalue weighted by molar-refractivity contribution is 6.05. The van der Waals surface area contributed by atoms with Crippen LogP contribution in [0.2, 0.25) is 0 Å². The third-order valence-corrected chi connectivity index (χ3v) is 6.26. The van der Waals surface area contributed by atoms with E-state index < -0.39 is 12.0 Å². The summed E-state index contributed by atoms with van der Waals surface area (Å²) in [6, 6.07) is 3.08. The number of hydrogen-bond donors (Lipinski definition) is 1. The largest absolute Gasteiger partial charge is 0.451 e. The van der Waals surface area contributed by atoms with E-state index in [1.807, 2.05) is 30.7 Å². The first-order valence-electron chi connectivity index (χ1n) is 11.8. The molecule has 37 heavy (non-hydrogen) atoms. The number of carbonyl (C=O) groups is 1. The van der Waals surface area contributed by atoms with Gasteiger partial charge in [-0.2, -0.15) is 18.2 Å². The van der Waals surface area contributed by atoms with Crippen molar-refractivity contribution in [2.75, 3.05) is 28.7 Å². The van der Waals surface area contributed by atoms with Crippen LogP contribution in [0.4, 0.5) is 30.6 Å². The number of halogens is 3. The molecular formula is C24H25F3N8O2. The second-order valence-corrected chi connectivity index (χ2v) is 9.26. The lowest BCUT2D eigenvalue weighted by molar-refractivity contribution is -0.145. The van der Waals surface area contributed by atoms with Gasteiger partial charge in [-0.05, 0) is 24.3 Å². The quantitative estimate of drug-likeness (QED) is 0.525. The molecule has 5 rings (SSSR count). The Morgan fingerprint density at radius 2 is 1.89 bits per heavy atom. The molecule has 2 aliphatic heterocycles. The Bertz CT molecular complexity index is 1300. The van der Waals surface area contributed by atoms with Crippen LogP contribution in [0.5, 0.6) is 11.6 Å². The number of ether oxygens (including phenoxy) is 1. The summed E-state index contributed by atoms with van der Waals surface area (Å²) in [6.07, 6.45) is 0.471. The van der Waals surface area contributed by atoms with Crippen molar-refractivity contribution < 1.29 is 22.7 Å². The van der Waals surface area contributed by atoms with Crippen LogP contribution in [-0.2, 0) is 23.9 Å². The number of alkyl halides is 3. The minimum Gasteiger partial charge on any atom is -0.436 e. The highest BCUT2D eigenvalue weighted by atomic mass is 19.4. The molecule has 2 aliphatic rings. The average Bonchev–Trinajstić information content (AvgIpc) is 2.86. The Morgan fingerprint density at radius 3 is 2.54 bits per heavy atom. The summed E-state index contributed by atoms with van der Waals surface area (Å²) in [7, 11) is 1.89. The monoisotopic (exact) mass is 514 g/mol.